The van der Waals surface area contributed by atoms with Gasteiger partial charge in [-0.05, 0) is 49.7 Å². The summed E-state index contributed by atoms with van der Waals surface area (Å²) in [5, 5.41) is 3.84. The summed E-state index contributed by atoms with van der Waals surface area (Å²) < 4.78 is 14.4. The van der Waals surface area contributed by atoms with Crippen LogP contribution in [0.2, 0.25) is 0 Å². The molecule has 0 radical (unpaired) electrons. The molecular formula is C19H18FN3OS. The van der Waals surface area contributed by atoms with Crippen molar-refractivity contribution in [3.8, 4) is 0 Å². The van der Waals surface area contributed by atoms with Crippen molar-refractivity contribution in [1.82, 2.24) is 9.88 Å². The van der Waals surface area contributed by atoms with Crippen molar-refractivity contribution in [2.24, 2.45) is 0 Å². The number of hydrogen-bond donors (Lipinski definition) is 1. The SMILES string of the molecule is O=C(CN1CCC[C@@H]1c1nc2ccccc2s1)Nc1cccc(F)c1. The molecular weight excluding hydrogens is 337 g/mol. The molecule has 0 unspecified atom stereocenters. The molecule has 2 heterocycles. The fourth-order valence-corrected chi connectivity index (χ4v) is 4.42. The number of hydrogen-bond acceptors (Lipinski definition) is 4. The van der Waals surface area contributed by atoms with Crippen molar-refractivity contribution in [2.45, 2.75) is 18.9 Å². The highest BCUT2D eigenvalue weighted by Crippen LogP contribution is 2.36. The molecule has 1 fully saturated rings. The van der Waals surface area contributed by atoms with Crippen molar-refractivity contribution in [3.05, 3.63) is 59.4 Å². The Morgan fingerprint density at radius 1 is 1.28 bits per heavy atom. The van der Waals surface area contributed by atoms with Crippen molar-refractivity contribution >= 4 is 33.1 Å². The number of benzene rings is 2. The smallest absolute Gasteiger partial charge is 0.238 e. The van der Waals surface area contributed by atoms with E-state index in [0.717, 1.165) is 29.9 Å². The normalized spacial score (nSPS) is 17.9. The lowest BCUT2D eigenvalue weighted by Gasteiger charge is -2.22. The first kappa shape index (κ1) is 16.2. The summed E-state index contributed by atoms with van der Waals surface area (Å²) in [5.74, 6) is -0.482. The lowest BCUT2D eigenvalue weighted by atomic mass is 10.2. The Morgan fingerprint density at radius 3 is 3.00 bits per heavy atom. The molecule has 0 aliphatic carbocycles. The number of thiazole rings is 1. The lowest BCUT2D eigenvalue weighted by molar-refractivity contribution is -0.117. The van der Waals surface area contributed by atoms with Gasteiger partial charge in [0, 0.05) is 5.69 Å². The molecule has 2 aromatic carbocycles. The number of likely N-dealkylation sites (tertiary alicyclic amines) is 1. The molecule has 0 saturated carbocycles. The van der Waals surface area contributed by atoms with Gasteiger partial charge in [-0.25, -0.2) is 9.37 Å². The fourth-order valence-electron chi connectivity index (χ4n) is 3.28. The molecule has 3 aromatic rings. The first-order valence-electron chi connectivity index (χ1n) is 8.34. The maximum atomic E-state index is 13.2. The third-order valence-corrected chi connectivity index (χ3v) is 5.55. The predicted molar refractivity (Wildman–Crippen MR) is 98.2 cm³/mol. The number of halogens is 1. The standard InChI is InChI=1S/C19H18FN3OS/c20-13-5-3-6-14(11-13)21-18(24)12-23-10-4-8-16(23)19-22-15-7-1-2-9-17(15)25-19/h1-3,5-7,9,11,16H,4,8,10,12H2,(H,21,24)/t16-/m1/s1. The summed E-state index contributed by atoms with van der Waals surface area (Å²) in [6, 6.07) is 14.2. The maximum absolute atomic E-state index is 13.2. The topological polar surface area (TPSA) is 45.2 Å². The van der Waals surface area contributed by atoms with E-state index in [0.29, 0.717) is 5.69 Å². The number of anilines is 1. The second-order valence-corrected chi connectivity index (χ2v) is 7.27. The Labute approximate surface area is 149 Å². The Bertz CT molecular complexity index is 877. The average Bonchev–Trinajstić information content (AvgIpc) is 3.20. The Hall–Kier alpha value is -2.31. The summed E-state index contributed by atoms with van der Waals surface area (Å²) in [5.41, 5.74) is 1.50. The number of carbonyl (C=O) groups is 1. The first-order valence-corrected chi connectivity index (χ1v) is 9.15. The molecule has 0 bridgehead atoms. The maximum Gasteiger partial charge on any atom is 0.238 e. The number of amides is 1. The third-order valence-electron chi connectivity index (χ3n) is 4.41. The van der Waals surface area contributed by atoms with Gasteiger partial charge in [0.15, 0.2) is 0 Å². The van der Waals surface area contributed by atoms with Crippen LogP contribution in [0.25, 0.3) is 10.2 Å². The Morgan fingerprint density at radius 2 is 2.16 bits per heavy atom. The van der Waals surface area contributed by atoms with E-state index in [1.54, 1.807) is 23.5 Å². The Kier molecular flexibility index (Phi) is 4.46. The van der Waals surface area contributed by atoms with Crippen LogP contribution in [0.5, 0.6) is 0 Å². The molecule has 4 rings (SSSR count). The number of fused-ring (bicyclic) bond motifs is 1. The van der Waals surface area contributed by atoms with Crippen LogP contribution >= 0.6 is 11.3 Å². The van der Waals surface area contributed by atoms with Crippen LogP contribution in [0.15, 0.2) is 48.5 Å². The Balaban J connectivity index is 1.46. The van der Waals surface area contributed by atoms with E-state index in [1.807, 2.05) is 18.2 Å². The molecule has 1 aromatic heterocycles. The van der Waals surface area contributed by atoms with Gasteiger partial charge in [0.1, 0.15) is 10.8 Å². The van der Waals surface area contributed by atoms with Gasteiger partial charge in [-0.2, -0.15) is 0 Å². The van der Waals surface area contributed by atoms with Crippen LogP contribution in [0, 0.1) is 5.82 Å². The molecule has 128 valence electrons. The predicted octanol–water partition coefficient (Wildman–Crippen LogP) is 4.21. The fraction of sp³-hybridized carbons (Fsp3) is 0.263. The van der Waals surface area contributed by atoms with E-state index in [1.165, 1.54) is 16.8 Å². The highest BCUT2D eigenvalue weighted by atomic mass is 32.1. The van der Waals surface area contributed by atoms with E-state index in [9.17, 15) is 9.18 Å². The van der Waals surface area contributed by atoms with Gasteiger partial charge < -0.3 is 5.32 Å². The molecule has 1 aliphatic heterocycles. The summed E-state index contributed by atoms with van der Waals surface area (Å²) >= 11 is 1.70. The zero-order chi connectivity index (χ0) is 17.2. The molecule has 6 heteroatoms. The number of carbonyl (C=O) groups excluding carboxylic acids is 1. The molecule has 4 nitrogen and oxygen atoms in total. The minimum Gasteiger partial charge on any atom is -0.325 e. The van der Waals surface area contributed by atoms with Crippen LogP contribution < -0.4 is 5.32 Å². The molecule has 25 heavy (non-hydrogen) atoms. The molecule has 1 atom stereocenters. The largest absolute Gasteiger partial charge is 0.325 e. The minimum absolute atomic E-state index is 0.126. The number of rotatable bonds is 4. The molecule has 1 amide bonds. The van der Waals surface area contributed by atoms with Crippen LogP contribution in [-0.4, -0.2) is 28.9 Å². The van der Waals surface area contributed by atoms with Gasteiger partial charge in [0.2, 0.25) is 5.91 Å². The summed E-state index contributed by atoms with van der Waals surface area (Å²) in [7, 11) is 0. The van der Waals surface area contributed by atoms with Gasteiger partial charge in [-0.15, -0.1) is 11.3 Å². The van der Waals surface area contributed by atoms with Gasteiger partial charge in [-0.3, -0.25) is 9.69 Å². The van der Waals surface area contributed by atoms with Crippen LogP contribution in [0.3, 0.4) is 0 Å². The van der Waals surface area contributed by atoms with Crippen molar-refractivity contribution in [3.63, 3.8) is 0 Å². The first-order chi connectivity index (χ1) is 12.2. The van der Waals surface area contributed by atoms with Gasteiger partial charge in [-0.1, -0.05) is 18.2 Å². The van der Waals surface area contributed by atoms with E-state index in [-0.39, 0.29) is 24.3 Å². The third kappa shape index (κ3) is 3.55. The zero-order valence-corrected chi connectivity index (χ0v) is 14.4. The number of nitrogens with one attached hydrogen (secondary N) is 1. The highest BCUT2D eigenvalue weighted by Gasteiger charge is 2.30. The second kappa shape index (κ2) is 6.90. The summed E-state index contributed by atoms with van der Waals surface area (Å²) in [6.07, 6.45) is 2.06. The molecule has 1 N–H and O–H groups in total. The monoisotopic (exact) mass is 355 g/mol. The molecule has 1 aliphatic rings. The number of nitrogens with zero attached hydrogens (tertiary/aromatic N) is 2. The zero-order valence-electron chi connectivity index (χ0n) is 13.6. The minimum atomic E-state index is -0.355. The van der Waals surface area contributed by atoms with Crippen molar-refractivity contribution < 1.29 is 9.18 Å². The van der Waals surface area contributed by atoms with Crippen LogP contribution in [0.4, 0.5) is 10.1 Å². The molecule has 0 spiro atoms. The average molecular weight is 355 g/mol. The van der Waals surface area contributed by atoms with E-state index in [2.05, 4.69) is 16.3 Å². The summed E-state index contributed by atoms with van der Waals surface area (Å²) in [6.45, 7) is 1.16. The number of para-hydroxylation sites is 1. The van der Waals surface area contributed by atoms with E-state index >= 15 is 0 Å². The quantitative estimate of drug-likeness (QED) is 0.762. The van der Waals surface area contributed by atoms with Crippen LogP contribution in [-0.2, 0) is 4.79 Å². The van der Waals surface area contributed by atoms with Gasteiger partial charge in [0.05, 0.1) is 22.8 Å². The molecule has 1 saturated heterocycles. The van der Waals surface area contributed by atoms with E-state index in [4.69, 9.17) is 4.98 Å². The van der Waals surface area contributed by atoms with Crippen molar-refractivity contribution in [2.75, 3.05) is 18.4 Å². The summed E-state index contributed by atoms with van der Waals surface area (Å²) in [4.78, 5) is 19.2. The van der Waals surface area contributed by atoms with Gasteiger partial charge in [0.25, 0.3) is 0 Å². The second-order valence-electron chi connectivity index (χ2n) is 6.21. The van der Waals surface area contributed by atoms with Crippen LogP contribution in [0.1, 0.15) is 23.9 Å². The van der Waals surface area contributed by atoms with E-state index < -0.39 is 0 Å². The van der Waals surface area contributed by atoms with Gasteiger partial charge >= 0.3 is 0 Å². The number of aromatic nitrogens is 1. The highest BCUT2D eigenvalue weighted by molar-refractivity contribution is 7.18. The van der Waals surface area contributed by atoms with Crippen molar-refractivity contribution in [1.29, 1.82) is 0 Å². The lowest BCUT2D eigenvalue weighted by Crippen LogP contribution is -2.32.